The van der Waals surface area contributed by atoms with E-state index in [1.807, 2.05) is 6.07 Å². The number of methoxy groups -OCH3 is 1. The maximum atomic E-state index is 11.9. The molecule has 5 atom stereocenters. The summed E-state index contributed by atoms with van der Waals surface area (Å²) in [5, 5.41) is 31.1. The first-order valence-electron chi connectivity index (χ1n) is 7.18. The number of hydrogen-bond acceptors (Lipinski definition) is 7. The Morgan fingerprint density at radius 2 is 1.88 bits per heavy atom. The highest BCUT2D eigenvalue weighted by Gasteiger charge is 2.48. The number of hydrogen-bond donors (Lipinski definition) is 4. The molecule has 9 nitrogen and oxygen atoms in total. The van der Waals surface area contributed by atoms with Crippen LogP contribution in [0.15, 0.2) is 30.3 Å². The number of benzene rings is 1. The zero-order valence-corrected chi connectivity index (χ0v) is 12.9. The summed E-state index contributed by atoms with van der Waals surface area (Å²) in [7, 11) is 1.22. The third kappa shape index (κ3) is 4.20. The molecule has 0 spiro atoms. The number of carbonyl (C=O) groups excluding carboxylic acids is 1. The van der Waals surface area contributed by atoms with E-state index in [0.717, 1.165) is 5.56 Å². The normalized spacial score (nSPS) is 29.7. The van der Waals surface area contributed by atoms with Crippen molar-refractivity contribution in [3.63, 3.8) is 0 Å². The minimum absolute atomic E-state index is 0.00823. The lowest BCUT2D eigenvalue weighted by Crippen LogP contribution is -2.65. The molecule has 4 N–H and O–H groups in total. The van der Waals surface area contributed by atoms with Crippen LogP contribution in [-0.4, -0.2) is 65.1 Å². The minimum atomic E-state index is -1.73. The Labute approximate surface area is 137 Å². The topological polar surface area (TPSA) is 135 Å². The van der Waals surface area contributed by atoms with Crippen molar-refractivity contribution >= 4 is 12.1 Å². The van der Waals surface area contributed by atoms with Crippen LogP contribution < -0.4 is 5.32 Å². The van der Waals surface area contributed by atoms with Crippen molar-refractivity contribution in [3.05, 3.63) is 35.9 Å². The maximum absolute atomic E-state index is 11.9. The van der Waals surface area contributed by atoms with Crippen LogP contribution in [0.25, 0.3) is 0 Å². The molecule has 1 aromatic carbocycles. The Balaban J connectivity index is 1.96. The number of ether oxygens (including phenoxy) is 3. The molecule has 0 bridgehead atoms. The lowest BCUT2D eigenvalue weighted by molar-refractivity contribution is -0.256. The molecular formula is C15H19NO8. The van der Waals surface area contributed by atoms with Gasteiger partial charge in [0, 0.05) is 7.11 Å². The first kappa shape index (κ1) is 18.1. The summed E-state index contributed by atoms with van der Waals surface area (Å²) in [6.45, 7) is 0.00823. The second-order valence-electron chi connectivity index (χ2n) is 5.21. The number of rotatable bonds is 5. The minimum Gasteiger partial charge on any atom is -0.479 e. The van der Waals surface area contributed by atoms with Gasteiger partial charge in [-0.15, -0.1) is 0 Å². The van der Waals surface area contributed by atoms with Crippen molar-refractivity contribution in [2.24, 2.45) is 0 Å². The number of carbonyl (C=O) groups is 2. The van der Waals surface area contributed by atoms with Crippen LogP contribution in [0.1, 0.15) is 5.56 Å². The number of aliphatic hydroxyl groups is 2. The van der Waals surface area contributed by atoms with Gasteiger partial charge in [0.1, 0.15) is 24.9 Å². The largest absolute Gasteiger partial charge is 0.479 e. The fraction of sp³-hybridized carbons (Fsp3) is 0.467. The SMILES string of the molecule is CO[C@H]1O[C@H](C(=O)O)[C@@H](O)[C@H](O)[C@H]1NC(=O)OCc1ccccc1. The van der Waals surface area contributed by atoms with Crippen molar-refractivity contribution in [2.45, 2.75) is 37.3 Å². The van der Waals surface area contributed by atoms with E-state index >= 15 is 0 Å². The fourth-order valence-corrected chi connectivity index (χ4v) is 2.32. The standard InChI is InChI=1S/C15H19NO8/c1-22-14-9(10(17)11(18)12(24-14)13(19)20)16-15(21)23-7-8-5-3-2-4-6-8/h2-6,9-12,14,17-18H,7H2,1H3,(H,16,21)(H,19,20)/t9-,10-,11+,12+,14+/m1/s1. The number of carboxylic acids is 1. The Kier molecular flexibility index (Phi) is 6.10. The third-order valence-corrected chi connectivity index (χ3v) is 3.57. The molecular weight excluding hydrogens is 322 g/mol. The molecule has 1 saturated heterocycles. The summed E-state index contributed by atoms with van der Waals surface area (Å²) in [6, 6.07) is 7.75. The Hall–Kier alpha value is -2.20. The first-order valence-corrected chi connectivity index (χ1v) is 7.18. The highest BCUT2D eigenvalue weighted by Crippen LogP contribution is 2.22. The maximum Gasteiger partial charge on any atom is 0.407 e. The number of carboxylic acid groups (broad SMARTS) is 1. The average Bonchev–Trinajstić information content (AvgIpc) is 2.58. The highest BCUT2D eigenvalue weighted by molar-refractivity contribution is 5.73. The zero-order valence-electron chi connectivity index (χ0n) is 12.9. The quantitative estimate of drug-likeness (QED) is 0.561. The Bertz CT molecular complexity index is 564. The van der Waals surface area contributed by atoms with Gasteiger partial charge in [0.2, 0.25) is 0 Å². The summed E-state index contributed by atoms with van der Waals surface area (Å²) in [4.78, 5) is 22.9. The number of aliphatic carboxylic acids is 1. The smallest absolute Gasteiger partial charge is 0.407 e. The van der Waals surface area contributed by atoms with Crippen molar-refractivity contribution in [2.75, 3.05) is 7.11 Å². The van der Waals surface area contributed by atoms with E-state index in [1.54, 1.807) is 24.3 Å². The van der Waals surface area contributed by atoms with E-state index in [0.29, 0.717) is 0 Å². The van der Waals surface area contributed by atoms with Crippen molar-refractivity contribution in [1.29, 1.82) is 0 Å². The summed E-state index contributed by atoms with van der Waals surface area (Å²) >= 11 is 0. The molecule has 1 fully saturated rings. The van der Waals surface area contributed by atoms with Gasteiger partial charge in [0.05, 0.1) is 0 Å². The van der Waals surface area contributed by atoms with E-state index in [9.17, 15) is 19.8 Å². The predicted molar refractivity (Wildman–Crippen MR) is 78.9 cm³/mol. The number of nitrogens with one attached hydrogen (secondary N) is 1. The van der Waals surface area contributed by atoms with Gasteiger partial charge in [-0.25, -0.2) is 9.59 Å². The monoisotopic (exact) mass is 341 g/mol. The predicted octanol–water partition coefficient (Wildman–Crippen LogP) is -0.541. The summed E-state index contributed by atoms with van der Waals surface area (Å²) < 4.78 is 15.0. The van der Waals surface area contributed by atoms with E-state index in [1.165, 1.54) is 7.11 Å². The Morgan fingerprint density at radius 1 is 1.21 bits per heavy atom. The van der Waals surface area contributed by atoms with Crippen LogP contribution >= 0.6 is 0 Å². The molecule has 24 heavy (non-hydrogen) atoms. The van der Waals surface area contributed by atoms with E-state index < -0.39 is 42.7 Å². The molecule has 1 heterocycles. The number of amides is 1. The van der Waals surface area contributed by atoms with Crippen LogP contribution in [0.5, 0.6) is 0 Å². The molecule has 2 rings (SSSR count). The van der Waals surface area contributed by atoms with Gasteiger partial charge in [-0.3, -0.25) is 0 Å². The molecule has 1 aliphatic rings. The van der Waals surface area contributed by atoms with Gasteiger partial charge >= 0.3 is 12.1 Å². The molecule has 1 amide bonds. The second kappa shape index (κ2) is 8.06. The van der Waals surface area contributed by atoms with Gasteiger partial charge in [0.15, 0.2) is 12.4 Å². The lowest BCUT2D eigenvalue weighted by Gasteiger charge is -2.40. The summed E-state index contributed by atoms with van der Waals surface area (Å²) in [5.41, 5.74) is 0.766. The molecule has 1 aromatic rings. The van der Waals surface area contributed by atoms with Crippen molar-refractivity contribution < 1.29 is 39.1 Å². The van der Waals surface area contributed by atoms with E-state index in [-0.39, 0.29) is 6.61 Å². The molecule has 0 saturated carbocycles. The summed E-state index contributed by atoms with van der Waals surface area (Å²) in [5.74, 6) is -1.45. The third-order valence-electron chi connectivity index (χ3n) is 3.57. The van der Waals surface area contributed by atoms with Gasteiger partial charge in [-0.2, -0.15) is 0 Å². The molecule has 0 radical (unpaired) electrons. The van der Waals surface area contributed by atoms with E-state index in [2.05, 4.69) is 5.32 Å². The second-order valence-corrected chi connectivity index (χ2v) is 5.21. The van der Waals surface area contributed by atoms with E-state index in [4.69, 9.17) is 19.3 Å². The Morgan fingerprint density at radius 3 is 2.46 bits per heavy atom. The van der Waals surface area contributed by atoms with Gasteiger partial charge in [-0.05, 0) is 5.56 Å². The highest BCUT2D eigenvalue weighted by atomic mass is 16.7. The average molecular weight is 341 g/mol. The fourth-order valence-electron chi connectivity index (χ4n) is 2.32. The van der Waals surface area contributed by atoms with Crippen LogP contribution in [-0.2, 0) is 25.6 Å². The zero-order chi connectivity index (χ0) is 17.7. The molecule has 0 unspecified atom stereocenters. The van der Waals surface area contributed by atoms with Crippen LogP contribution in [0.2, 0.25) is 0 Å². The number of alkyl carbamates (subject to hydrolysis) is 1. The van der Waals surface area contributed by atoms with Gasteiger partial charge in [0.25, 0.3) is 0 Å². The van der Waals surface area contributed by atoms with Crippen LogP contribution in [0, 0.1) is 0 Å². The molecule has 0 aliphatic carbocycles. The van der Waals surface area contributed by atoms with Crippen molar-refractivity contribution in [1.82, 2.24) is 5.32 Å². The molecule has 1 aliphatic heterocycles. The van der Waals surface area contributed by atoms with Gasteiger partial charge in [-0.1, -0.05) is 30.3 Å². The van der Waals surface area contributed by atoms with Crippen molar-refractivity contribution in [3.8, 4) is 0 Å². The first-order chi connectivity index (χ1) is 11.4. The van der Waals surface area contributed by atoms with Crippen LogP contribution in [0.4, 0.5) is 4.79 Å². The lowest BCUT2D eigenvalue weighted by atomic mass is 9.97. The number of aliphatic hydroxyl groups excluding tert-OH is 2. The van der Waals surface area contributed by atoms with Gasteiger partial charge < -0.3 is 34.8 Å². The molecule has 0 aromatic heterocycles. The molecule has 132 valence electrons. The van der Waals surface area contributed by atoms with Crippen LogP contribution in [0.3, 0.4) is 0 Å². The summed E-state index contributed by atoms with van der Waals surface area (Å²) in [6.07, 6.45) is -7.12. The molecule has 9 heteroatoms.